The van der Waals surface area contributed by atoms with E-state index in [1.165, 1.54) is 11.8 Å². The second kappa shape index (κ2) is 7.04. The lowest BCUT2D eigenvalue weighted by Crippen LogP contribution is -2.48. The molecule has 1 aliphatic heterocycles. The third kappa shape index (κ3) is 4.28. The fourth-order valence-electron chi connectivity index (χ4n) is 1.82. The number of nitrogens with two attached hydrogens (primary N) is 1. The largest absolute Gasteiger partial charge is 0.490 e. The molecule has 0 saturated carbocycles. The molecule has 0 radical (unpaired) electrons. The van der Waals surface area contributed by atoms with Gasteiger partial charge in [0, 0.05) is 17.1 Å². The van der Waals surface area contributed by atoms with E-state index in [4.69, 9.17) is 19.9 Å². The number of thioether (sulfide) groups is 1. The van der Waals surface area contributed by atoms with Gasteiger partial charge in [0.15, 0.2) is 11.5 Å². The van der Waals surface area contributed by atoms with Crippen LogP contribution in [0.4, 0.5) is 0 Å². The molecule has 2 rings (SSSR count). The lowest BCUT2D eigenvalue weighted by molar-refractivity contribution is -0.148. The Morgan fingerprint density at radius 2 is 2.10 bits per heavy atom. The zero-order chi connectivity index (χ0) is 15.3. The molecule has 5 nitrogen and oxygen atoms in total. The quantitative estimate of drug-likeness (QED) is 0.664. The Morgan fingerprint density at radius 1 is 1.38 bits per heavy atom. The van der Waals surface area contributed by atoms with E-state index in [-0.39, 0.29) is 5.97 Å². The summed E-state index contributed by atoms with van der Waals surface area (Å²) in [4.78, 5) is 12.7. The van der Waals surface area contributed by atoms with Crippen LogP contribution < -0.4 is 15.2 Å². The van der Waals surface area contributed by atoms with E-state index in [2.05, 4.69) is 0 Å². The summed E-state index contributed by atoms with van der Waals surface area (Å²) in [5.74, 6) is 1.56. The Balaban J connectivity index is 2.00. The van der Waals surface area contributed by atoms with Crippen molar-refractivity contribution in [2.24, 2.45) is 5.73 Å². The molecule has 2 N–H and O–H groups in total. The molecule has 1 aromatic carbocycles. The second-order valence-electron chi connectivity index (χ2n) is 5.09. The fourth-order valence-corrected chi connectivity index (χ4v) is 2.76. The van der Waals surface area contributed by atoms with Gasteiger partial charge in [-0.1, -0.05) is 0 Å². The minimum absolute atomic E-state index is 0.334. The summed E-state index contributed by atoms with van der Waals surface area (Å²) in [6, 6.07) is 5.76. The zero-order valence-electron chi connectivity index (χ0n) is 12.4. The van der Waals surface area contributed by atoms with Crippen LogP contribution in [0.1, 0.15) is 20.3 Å². The van der Waals surface area contributed by atoms with Crippen molar-refractivity contribution in [3.8, 4) is 11.5 Å². The summed E-state index contributed by atoms with van der Waals surface area (Å²) < 4.78 is 16.2. The van der Waals surface area contributed by atoms with Gasteiger partial charge in [-0.15, -0.1) is 11.8 Å². The Kier molecular flexibility index (Phi) is 5.36. The van der Waals surface area contributed by atoms with Crippen molar-refractivity contribution < 1.29 is 19.0 Å². The van der Waals surface area contributed by atoms with Crippen molar-refractivity contribution >= 4 is 17.7 Å². The normalized spacial score (nSPS) is 16.7. The molecular formula is C15H21NO4S. The molecular weight excluding hydrogens is 290 g/mol. The number of ether oxygens (including phenoxy) is 3. The van der Waals surface area contributed by atoms with Crippen molar-refractivity contribution in [3.63, 3.8) is 0 Å². The van der Waals surface area contributed by atoms with E-state index in [1.807, 2.05) is 18.2 Å². The van der Waals surface area contributed by atoms with Gasteiger partial charge in [0.1, 0.15) is 5.54 Å². The average molecular weight is 311 g/mol. The van der Waals surface area contributed by atoms with Crippen molar-refractivity contribution in [1.82, 2.24) is 0 Å². The third-order valence-electron chi connectivity index (χ3n) is 3.00. The molecule has 1 heterocycles. The monoisotopic (exact) mass is 311 g/mol. The lowest BCUT2D eigenvalue weighted by Gasteiger charge is -2.21. The Morgan fingerprint density at radius 3 is 2.81 bits per heavy atom. The van der Waals surface area contributed by atoms with E-state index in [9.17, 15) is 4.79 Å². The highest BCUT2D eigenvalue weighted by atomic mass is 32.2. The molecule has 1 aliphatic rings. The summed E-state index contributed by atoms with van der Waals surface area (Å²) in [5, 5.41) is 0. The van der Waals surface area contributed by atoms with Crippen LogP contribution in [-0.2, 0) is 9.53 Å². The highest BCUT2D eigenvalue weighted by molar-refractivity contribution is 7.99. The first-order chi connectivity index (χ1) is 10.0. The Bertz CT molecular complexity index is 504. The molecule has 6 heteroatoms. The van der Waals surface area contributed by atoms with Gasteiger partial charge in [-0.05, 0) is 32.0 Å². The van der Waals surface area contributed by atoms with Crippen LogP contribution in [0.3, 0.4) is 0 Å². The molecule has 0 amide bonds. The van der Waals surface area contributed by atoms with Crippen molar-refractivity contribution in [2.45, 2.75) is 30.7 Å². The van der Waals surface area contributed by atoms with Crippen LogP contribution in [0, 0.1) is 0 Å². The van der Waals surface area contributed by atoms with Gasteiger partial charge in [0.25, 0.3) is 0 Å². The van der Waals surface area contributed by atoms with Crippen LogP contribution in [0.5, 0.6) is 11.5 Å². The zero-order valence-corrected chi connectivity index (χ0v) is 13.2. The van der Waals surface area contributed by atoms with Crippen LogP contribution >= 0.6 is 11.8 Å². The van der Waals surface area contributed by atoms with E-state index in [1.54, 1.807) is 13.8 Å². The minimum atomic E-state index is -1.01. The molecule has 0 fully saturated rings. The number of carbonyl (C=O) groups excluding carboxylic acids is 1. The molecule has 0 bridgehead atoms. The standard InChI is InChI=1S/C15H21NO4S/c1-3-18-14(17)15(2,16)10-21-11-5-6-12-13(9-11)20-8-4-7-19-12/h5-6,9H,3-4,7-8,10,16H2,1-2H3. The number of rotatable bonds is 5. The summed E-state index contributed by atoms with van der Waals surface area (Å²) in [7, 11) is 0. The molecule has 1 unspecified atom stereocenters. The maximum atomic E-state index is 11.8. The van der Waals surface area contributed by atoms with Crippen LogP contribution in [0.25, 0.3) is 0 Å². The highest BCUT2D eigenvalue weighted by Gasteiger charge is 2.30. The first-order valence-electron chi connectivity index (χ1n) is 7.01. The Hall–Kier alpha value is -1.40. The van der Waals surface area contributed by atoms with E-state index < -0.39 is 5.54 Å². The third-order valence-corrected chi connectivity index (χ3v) is 4.33. The molecule has 0 aliphatic carbocycles. The predicted octanol–water partition coefficient (Wildman–Crippen LogP) is 2.22. The summed E-state index contributed by atoms with van der Waals surface area (Å²) in [6.45, 7) is 5.11. The van der Waals surface area contributed by atoms with Gasteiger partial charge in [-0.2, -0.15) is 0 Å². The number of fused-ring (bicyclic) bond motifs is 1. The van der Waals surface area contributed by atoms with Crippen molar-refractivity contribution in [2.75, 3.05) is 25.6 Å². The average Bonchev–Trinajstić information content (AvgIpc) is 2.70. The van der Waals surface area contributed by atoms with Gasteiger partial charge in [-0.3, -0.25) is 4.79 Å². The Labute approximate surface area is 129 Å². The van der Waals surface area contributed by atoms with Gasteiger partial charge in [0.05, 0.1) is 19.8 Å². The molecule has 0 aromatic heterocycles. The van der Waals surface area contributed by atoms with Crippen LogP contribution in [0.2, 0.25) is 0 Å². The van der Waals surface area contributed by atoms with Gasteiger partial charge in [-0.25, -0.2) is 0 Å². The molecule has 0 saturated heterocycles. The SMILES string of the molecule is CCOC(=O)C(C)(N)CSc1ccc2c(c1)OCCCO2. The van der Waals surface area contributed by atoms with Gasteiger partial charge < -0.3 is 19.9 Å². The predicted molar refractivity (Wildman–Crippen MR) is 82.0 cm³/mol. The first-order valence-corrected chi connectivity index (χ1v) is 8.00. The minimum Gasteiger partial charge on any atom is -0.490 e. The molecule has 21 heavy (non-hydrogen) atoms. The first kappa shape index (κ1) is 16.0. The summed E-state index contributed by atoms with van der Waals surface area (Å²) >= 11 is 1.50. The number of hydrogen-bond acceptors (Lipinski definition) is 6. The lowest BCUT2D eigenvalue weighted by atomic mass is 10.1. The summed E-state index contributed by atoms with van der Waals surface area (Å²) in [5.41, 5.74) is 5.00. The topological polar surface area (TPSA) is 70.8 Å². The summed E-state index contributed by atoms with van der Waals surface area (Å²) in [6.07, 6.45) is 0.876. The molecule has 0 spiro atoms. The highest BCUT2D eigenvalue weighted by Crippen LogP contribution is 2.34. The maximum absolute atomic E-state index is 11.8. The number of hydrogen-bond donors (Lipinski definition) is 1. The van der Waals surface area contributed by atoms with Crippen LogP contribution in [-0.4, -0.2) is 37.1 Å². The van der Waals surface area contributed by atoms with Gasteiger partial charge in [0.2, 0.25) is 0 Å². The van der Waals surface area contributed by atoms with Gasteiger partial charge >= 0.3 is 5.97 Å². The van der Waals surface area contributed by atoms with Crippen molar-refractivity contribution in [3.05, 3.63) is 18.2 Å². The van der Waals surface area contributed by atoms with E-state index in [0.29, 0.717) is 25.6 Å². The molecule has 1 aromatic rings. The number of esters is 1. The van der Waals surface area contributed by atoms with E-state index in [0.717, 1.165) is 22.8 Å². The van der Waals surface area contributed by atoms with Crippen molar-refractivity contribution in [1.29, 1.82) is 0 Å². The number of carbonyl (C=O) groups is 1. The molecule has 116 valence electrons. The van der Waals surface area contributed by atoms with Crippen LogP contribution in [0.15, 0.2) is 23.1 Å². The number of benzene rings is 1. The smallest absolute Gasteiger partial charge is 0.326 e. The maximum Gasteiger partial charge on any atom is 0.326 e. The van der Waals surface area contributed by atoms with E-state index >= 15 is 0 Å². The fraction of sp³-hybridized carbons (Fsp3) is 0.533. The second-order valence-corrected chi connectivity index (χ2v) is 6.13. The molecule has 1 atom stereocenters.